The van der Waals surface area contributed by atoms with Gasteiger partial charge in [-0.3, -0.25) is 4.55 Å². The van der Waals surface area contributed by atoms with Crippen LogP contribution in [0.3, 0.4) is 0 Å². The Morgan fingerprint density at radius 2 is 1.92 bits per heavy atom. The van der Waals surface area contributed by atoms with Crippen molar-refractivity contribution >= 4 is 16.4 Å². The zero-order valence-electron chi connectivity index (χ0n) is 13.1. The second-order valence-electron chi connectivity index (χ2n) is 7.00. The van der Waals surface area contributed by atoms with Crippen molar-refractivity contribution in [2.75, 3.05) is 19.6 Å². The number of hydrogen-bond acceptors (Lipinski definition) is 8. The quantitative estimate of drug-likeness (QED) is 0.682. The molecule has 12 heteroatoms. The number of nitrogens with zero attached hydrogens (tertiary/aromatic N) is 4. The van der Waals surface area contributed by atoms with Gasteiger partial charge in [-0.15, -0.1) is 14.5 Å². The fourth-order valence-electron chi connectivity index (χ4n) is 4.39. The molecular weight excluding hydrogens is 354 g/mol. The molecule has 5 rings (SSSR count). The van der Waals surface area contributed by atoms with Crippen LogP contribution in [0.5, 0.6) is 0 Å². The first-order chi connectivity index (χ1) is 11.9. The molecule has 2 amide bonds. The minimum Gasteiger partial charge on any atom is -0.423 e. The number of rotatable bonds is 4. The smallest absolute Gasteiger partial charge is 0.418 e. The molecule has 0 spiro atoms. The van der Waals surface area contributed by atoms with Gasteiger partial charge in [0.05, 0.1) is 6.04 Å². The van der Waals surface area contributed by atoms with E-state index in [9.17, 15) is 13.2 Å². The number of amides is 2. The zero-order chi connectivity index (χ0) is 17.3. The topological polar surface area (TPSA) is 138 Å². The lowest BCUT2D eigenvalue weighted by molar-refractivity contribution is -0.0317. The summed E-state index contributed by atoms with van der Waals surface area (Å²) in [5.74, 6) is 2.39. The summed E-state index contributed by atoms with van der Waals surface area (Å²) >= 11 is 0. The molecule has 0 radical (unpaired) electrons. The summed E-state index contributed by atoms with van der Waals surface area (Å²) in [5.41, 5.74) is 0. The third kappa shape index (κ3) is 2.43. The Bertz CT molecular complexity index is 817. The van der Waals surface area contributed by atoms with E-state index in [4.69, 9.17) is 8.97 Å². The third-order valence-electron chi connectivity index (χ3n) is 5.62. The van der Waals surface area contributed by atoms with Crippen molar-refractivity contribution in [2.24, 2.45) is 11.8 Å². The highest BCUT2D eigenvalue weighted by atomic mass is 32.3. The van der Waals surface area contributed by atoms with Crippen molar-refractivity contribution in [1.29, 1.82) is 0 Å². The summed E-state index contributed by atoms with van der Waals surface area (Å²) < 4.78 is 41.0. The molecular formula is C13H17N5O6S. The Labute approximate surface area is 143 Å². The van der Waals surface area contributed by atoms with Crippen molar-refractivity contribution in [3.63, 3.8) is 0 Å². The van der Waals surface area contributed by atoms with Gasteiger partial charge in [-0.1, -0.05) is 0 Å². The van der Waals surface area contributed by atoms with Gasteiger partial charge in [0.2, 0.25) is 11.8 Å². The fourth-order valence-corrected chi connectivity index (χ4v) is 4.78. The molecule has 1 saturated carbocycles. The van der Waals surface area contributed by atoms with Crippen LogP contribution in [0.25, 0.3) is 0 Å². The summed E-state index contributed by atoms with van der Waals surface area (Å²) in [4.78, 5) is 13.9. The van der Waals surface area contributed by atoms with Crippen molar-refractivity contribution < 1.29 is 26.5 Å². The van der Waals surface area contributed by atoms with E-state index in [-0.39, 0.29) is 6.54 Å². The van der Waals surface area contributed by atoms with Crippen LogP contribution in [0.2, 0.25) is 0 Å². The molecule has 2 N–H and O–H groups in total. The molecule has 2 bridgehead atoms. The molecule has 11 nitrogen and oxygen atoms in total. The lowest BCUT2D eigenvalue weighted by Crippen LogP contribution is -2.35. The minimum atomic E-state index is -4.75. The molecule has 0 aromatic carbocycles. The van der Waals surface area contributed by atoms with E-state index in [1.165, 1.54) is 4.90 Å². The number of carbonyl (C=O) groups excluding carboxylic acids is 1. The number of aromatic nitrogens is 2. The van der Waals surface area contributed by atoms with Gasteiger partial charge < -0.3 is 14.6 Å². The van der Waals surface area contributed by atoms with Crippen LogP contribution in [0.4, 0.5) is 4.79 Å². The first-order valence-corrected chi connectivity index (χ1v) is 9.60. The van der Waals surface area contributed by atoms with Gasteiger partial charge in [0.1, 0.15) is 6.04 Å². The molecule has 25 heavy (non-hydrogen) atoms. The average Bonchev–Trinajstić information content (AvgIpc) is 2.97. The Morgan fingerprint density at radius 3 is 2.64 bits per heavy atom. The summed E-state index contributed by atoms with van der Waals surface area (Å²) in [6.45, 7) is 2.21. The van der Waals surface area contributed by atoms with Gasteiger partial charge in [0.15, 0.2) is 0 Å². The van der Waals surface area contributed by atoms with E-state index in [0.717, 1.165) is 13.1 Å². The second-order valence-corrected chi connectivity index (χ2v) is 8.00. The molecule has 1 aromatic rings. The highest BCUT2D eigenvalue weighted by Gasteiger charge is 2.57. The van der Waals surface area contributed by atoms with Gasteiger partial charge in [-0.05, 0) is 37.8 Å². The van der Waals surface area contributed by atoms with Gasteiger partial charge >= 0.3 is 16.4 Å². The molecule has 4 fully saturated rings. The van der Waals surface area contributed by atoms with Crippen LogP contribution in [-0.2, 0) is 14.7 Å². The number of urea groups is 1. The fraction of sp³-hybridized carbons (Fsp3) is 0.769. The molecule has 1 aromatic heterocycles. The van der Waals surface area contributed by atoms with Gasteiger partial charge in [0.25, 0.3) is 0 Å². The lowest BCUT2D eigenvalue weighted by Gasteiger charge is -2.27. The average molecular weight is 371 g/mol. The maximum absolute atomic E-state index is 12.4. The van der Waals surface area contributed by atoms with E-state index in [2.05, 4.69) is 19.8 Å². The molecule has 5 atom stereocenters. The van der Waals surface area contributed by atoms with Crippen molar-refractivity contribution in [3.05, 3.63) is 11.8 Å². The summed E-state index contributed by atoms with van der Waals surface area (Å²) in [6.07, 6.45) is 1.07. The first-order valence-electron chi connectivity index (χ1n) is 8.23. The third-order valence-corrected chi connectivity index (χ3v) is 5.96. The summed E-state index contributed by atoms with van der Waals surface area (Å²) in [5, 5.41) is 12.3. The van der Waals surface area contributed by atoms with Crippen molar-refractivity contribution in [2.45, 2.75) is 30.8 Å². The molecule has 3 aliphatic heterocycles. The Morgan fingerprint density at radius 1 is 1.20 bits per heavy atom. The molecule has 4 aliphatic rings. The van der Waals surface area contributed by atoms with Gasteiger partial charge in [-0.2, -0.15) is 13.5 Å². The van der Waals surface area contributed by atoms with E-state index >= 15 is 0 Å². The maximum Gasteiger partial charge on any atom is 0.418 e. The monoisotopic (exact) mass is 371 g/mol. The second kappa shape index (κ2) is 5.13. The Kier molecular flexibility index (Phi) is 3.18. The van der Waals surface area contributed by atoms with Gasteiger partial charge in [0, 0.05) is 12.5 Å². The first kappa shape index (κ1) is 15.5. The van der Waals surface area contributed by atoms with Crippen LogP contribution < -0.4 is 5.32 Å². The Hall–Kier alpha value is -1.76. The summed E-state index contributed by atoms with van der Waals surface area (Å²) in [7, 11) is -4.75. The number of nitrogens with one attached hydrogen (secondary N) is 1. The summed E-state index contributed by atoms with van der Waals surface area (Å²) in [6, 6.07) is -1.46. The highest BCUT2D eigenvalue weighted by Crippen LogP contribution is 2.55. The standard InChI is InChI=1S/C13H17N5O6S/c19-13-17-5-6(18(13)24-25(20,21)22)1-2-9(17)11-15-16-12(23-11)10-7-3-14-4-8(7)10/h6-10,14H,1-5H2,(H,20,21,22)/t6-,7-,8+,9-,10?/m0/s1. The molecule has 1 unspecified atom stereocenters. The number of carbonyl (C=O) groups is 1. The zero-order valence-corrected chi connectivity index (χ0v) is 13.9. The highest BCUT2D eigenvalue weighted by molar-refractivity contribution is 7.80. The number of hydroxylamine groups is 2. The van der Waals surface area contributed by atoms with E-state index in [1.54, 1.807) is 0 Å². The van der Waals surface area contributed by atoms with Crippen LogP contribution in [0.1, 0.15) is 36.6 Å². The predicted octanol–water partition coefficient (Wildman–Crippen LogP) is -0.322. The molecule has 1 aliphatic carbocycles. The van der Waals surface area contributed by atoms with Crippen LogP contribution in [-0.4, -0.2) is 64.8 Å². The Balaban J connectivity index is 1.34. The van der Waals surface area contributed by atoms with Crippen LogP contribution >= 0.6 is 0 Å². The van der Waals surface area contributed by atoms with E-state index < -0.39 is 28.5 Å². The maximum atomic E-state index is 12.4. The van der Waals surface area contributed by atoms with Crippen molar-refractivity contribution in [3.8, 4) is 0 Å². The van der Waals surface area contributed by atoms with E-state index in [1.807, 2.05) is 0 Å². The largest absolute Gasteiger partial charge is 0.423 e. The normalized spacial score (nSPS) is 36.8. The SMILES string of the molecule is O=C1N2C[C@H](CC[C@H]2c2nnc(C3[C@H]4CNC[C@@H]34)o2)N1OS(=O)(=O)O. The predicted molar refractivity (Wildman–Crippen MR) is 79.2 cm³/mol. The lowest BCUT2D eigenvalue weighted by atomic mass is 10.0. The molecule has 136 valence electrons. The molecule has 3 saturated heterocycles. The molecule has 4 heterocycles. The number of fused-ring (bicyclic) bond motifs is 3. The van der Waals surface area contributed by atoms with Crippen molar-refractivity contribution in [1.82, 2.24) is 25.5 Å². The number of piperidine rings is 2. The van der Waals surface area contributed by atoms with Gasteiger partial charge in [-0.25, -0.2) is 4.79 Å². The van der Waals surface area contributed by atoms with E-state index in [0.29, 0.717) is 47.4 Å². The minimum absolute atomic E-state index is 0.287. The van der Waals surface area contributed by atoms with Crippen LogP contribution in [0, 0.1) is 11.8 Å². The number of hydrogen-bond donors (Lipinski definition) is 2. The van der Waals surface area contributed by atoms with Crippen LogP contribution in [0.15, 0.2) is 4.42 Å².